The molecule has 0 aromatic carbocycles. The highest BCUT2D eigenvalue weighted by Gasteiger charge is 2.28. The van der Waals surface area contributed by atoms with Crippen molar-refractivity contribution in [2.24, 2.45) is 0 Å². The lowest BCUT2D eigenvalue weighted by atomic mass is 10.1. The molecular weight excluding hydrogens is 292 g/mol. The fourth-order valence-corrected chi connectivity index (χ4v) is 3.51. The fraction of sp³-hybridized carbons (Fsp3) is 0.882. The second kappa shape index (κ2) is 7.73. The van der Waals surface area contributed by atoms with Gasteiger partial charge in [0.05, 0.1) is 12.6 Å². The lowest BCUT2D eigenvalue weighted by molar-refractivity contribution is -0.163. The van der Waals surface area contributed by atoms with Crippen LogP contribution in [0.25, 0.3) is 0 Å². The van der Waals surface area contributed by atoms with Crippen molar-refractivity contribution in [2.45, 2.75) is 71.2 Å². The number of hydrogen-bond acceptors (Lipinski definition) is 5. The fourth-order valence-electron chi connectivity index (χ4n) is 3.51. The van der Waals surface area contributed by atoms with Crippen LogP contribution < -0.4 is 0 Å². The largest absolute Gasteiger partial charge is 0.353 e. The van der Waals surface area contributed by atoms with E-state index in [1.54, 1.807) is 0 Å². The van der Waals surface area contributed by atoms with Gasteiger partial charge in [-0.15, -0.1) is 10.2 Å². The molecule has 1 fully saturated rings. The van der Waals surface area contributed by atoms with Gasteiger partial charge >= 0.3 is 0 Å². The van der Waals surface area contributed by atoms with E-state index in [2.05, 4.69) is 40.4 Å². The summed E-state index contributed by atoms with van der Waals surface area (Å²) in [6.45, 7) is 11.3. The Kier molecular flexibility index (Phi) is 5.67. The van der Waals surface area contributed by atoms with Gasteiger partial charge < -0.3 is 14.0 Å². The summed E-state index contributed by atoms with van der Waals surface area (Å²) in [6, 6.07) is 0.328. The van der Waals surface area contributed by atoms with Crippen molar-refractivity contribution in [1.29, 1.82) is 0 Å². The third-order valence-electron chi connectivity index (χ3n) is 4.89. The Morgan fingerprint density at radius 3 is 2.87 bits per heavy atom. The van der Waals surface area contributed by atoms with E-state index in [9.17, 15) is 0 Å². The van der Waals surface area contributed by atoms with Crippen molar-refractivity contribution in [3.8, 4) is 0 Å². The van der Waals surface area contributed by atoms with E-state index in [1.165, 1.54) is 12.8 Å². The summed E-state index contributed by atoms with van der Waals surface area (Å²) in [5, 5.41) is 8.82. The summed E-state index contributed by atoms with van der Waals surface area (Å²) < 4.78 is 13.7. The normalized spacial score (nSPS) is 25.7. The molecule has 1 aromatic heterocycles. The van der Waals surface area contributed by atoms with Gasteiger partial charge in [-0.05, 0) is 32.6 Å². The van der Waals surface area contributed by atoms with Gasteiger partial charge in [-0.1, -0.05) is 13.8 Å². The quantitative estimate of drug-likeness (QED) is 0.754. The average Bonchev–Trinajstić information content (AvgIpc) is 2.99. The first-order valence-corrected chi connectivity index (χ1v) is 9.07. The van der Waals surface area contributed by atoms with Crippen LogP contribution in [0.15, 0.2) is 0 Å². The number of ether oxygens (including phenoxy) is 2. The second-order valence-corrected chi connectivity index (χ2v) is 6.96. The minimum Gasteiger partial charge on any atom is -0.353 e. The second-order valence-electron chi connectivity index (χ2n) is 6.96. The van der Waals surface area contributed by atoms with Crippen LogP contribution in [-0.2, 0) is 16.0 Å². The van der Waals surface area contributed by atoms with Crippen LogP contribution in [0.5, 0.6) is 0 Å². The topological polar surface area (TPSA) is 52.4 Å². The predicted molar refractivity (Wildman–Crippen MR) is 88.3 cm³/mol. The first-order valence-electron chi connectivity index (χ1n) is 9.07. The Morgan fingerprint density at radius 1 is 1.26 bits per heavy atom. The lowest BCUT2D eigenvalue weighted by Gasteiger charge is -2.34. The van der Waals surface area contributed by atoms with Gasteiger partial charge in [0.2, 0.25) is 0 Å². The molecule has 6 heteroatoms. The monoisotopic (exact) mass is 322 g/mol. The summed E-state index contributed by atoms with van der Waals surface area (Å²) in [6.07, 6.45) is 4.50. The van der Waals surface area contributed by atoms with E-state index in [0.717, 1.165) is 57.3 Å². The molecule has 23 heavy (non-hydrogen) atoms. The van der Waals surface area contributed by atoms with Crippen LogP contribution in [-0.4, -0.2) is 52.3 Å². The van der Waals surface area contributed by atoms with Crippen molar-refractivity contribution in [3.63, 3.8) is 0 Å². The Balaban J connectivity index is 1.46. The van der Waals surface area contributed by atoms with Gasteiger partial charge in [0.1, 0.15) is 11.6 Å². The van der Waals surface area contributed by atoms with E-state index in [0.29, 0.717) is 12.0 Å². The minimum atomic E-state index is 0.0271. The number of aromatic nitrogens is 3. The highest BCUT2D eigenvalue weighted by atomic mass is 16.7. The number of hydrogen-bond donors (Lipinski definition) is 0. The lowest BCUT2D eigenvalue weighted by Crippen LogP contribution is -2.38. The first-order chi connectivity index (χ1) is 11.2. The summed E-state index contributed by atoms with van der Waals surface area (Å²) >= 11 is 0. The molecule has 3 rings (SSSR count). The van der Waals surface area contributed by atoms with Gasteiger partial charge in [-0.2, -0.15) is 0 Å². The zero-order chi connectivity index (χ0) is 16.2. The van der Waals surface area contributed by atoms with Crippen molar-refractivity contribution in [3.05, 3.63) is 11.6 Å². The third-order valence-corrected chi connectivity index (χ3v) is 4.89. The van der Waals surface area contributed by atoms with E-state index < -0.39 is 0 Å². The number of fused-ring (bicyclic) bond motifs is 1. The molecule has 0 amide bonds. The van der Waals surface area contributed by atoms with E-state index in [4.69, 9.17) is 9.47 Å². The number of rotatable bonds is 6. The molecule has 0 spiro atoms. The maximum atomic E-state index is 5.83. The van der Waals surface area contributed by atoms with Crippen LogP contribution in [0, 0.1) is 0 Å². The summed E-state index contributed by atoms with van der Waals surface area (Å²) in [7, 11) is 0. The third kappa shape index (κ3) is 3.92. The maximum absolute atomic E-state index is 5.83. The van der Waals surface area contributed by atoms with E-state index >= 15 is 0 Å². The van der Waals surface area contributed by atoms with Crippen molar-refractivity contribution in [1.82, 2.24) is 19.7 Å². The Hall–Kier alpha value is -0.980. The summed E-state index contributed by atoms with van der Waals surface area (Å²) in [5.41, 5.74) is 0. The SMILES string of the molecule is CC(C)c1nnc2n1CCN(CCCO[C@@H]1CCCCO1)[C@@H]2C. The highest BCUT2D eigenvalue weighted by Crippen LogP contribution is 2.26. The first kappa shape index (κ1) is 16.9. The Morgan fingerprint density at radius 2 is 2.13 bits per heavy atom. The molecule has 0 unspecified atom stereocenters. The highest BCUT2D eigenvalue weighted by molar-refractivity contribution is 5.06. The molecule has 0 saturated carbocycles. The molecule has 2 atom stereocenters. The van der Waals surface area contributed by atoms with Gasteiger partial charge in [0, 0.05) is 32.2 Å². The summed E-state index contributed by atoms with van der Waals surface area (Å²) in [4.78, 5) is 2.49. The zero-order valence-electron chi connectivity index (χ0n) is 14.7. The molecule has 130 valence electrons. The molecule has 2 aliphatic heterocycles. The Bertz CT molecular complexity index is 497. The van der Waals surface area contributed by atoms with E-state index in [1.807, 2.05) is 0 Å². The molecule has 0 aliphatic carbocycles. The van der Waals surface area contributed by atoms with Crippen LogP contribution in [0.4, 0.5) is 0 Å². The average molecular weight is 322 g/mol. The van der Waals surface area contributed by atoms with Crippen LogP contribution >= 0.6 is 0 Å². The van der Waals surface area contributed by atoms with Gasteiger partial charge in [0.25, 0.3) is 0 Å². The van der Waals surface area contributed by atoms with Crippen LogP contribution in [0.2, 0.25) is 0 Å². The zero-order valence-corrected chi connectivity index (χ0v) is 14.7. The molecule has 2 aliphatic rings. The van der Waals surface area contributed by atoms with Gasteiger partial charge in [-0.3, -0.25) is 4.90 Å². The number of nitrogens with zero attached hydrogens (tertiary/aromatic N) is 4. The van der Waals surface area contributed by atoms with Gasteiger partial charge in [0.15, 0.2) is 6.29 Å². The van der Waals surface area contributed by atoms with Crippen LogP contribution in [0.1, 0.15) is 70.1 Å². The molecule has 1 saturated heterocycles. The maximum Gasteiger partial charge on any atom is 0.157 e. The van der Waals surface area contributed by atoms with E-state index in [-0.39, 0.29) is 6.29 Å². The van der Waals surface area contributed by atoms with Crippen LogP contribution in [0.3, 0.4) is 0 Å². The standard InChI is InChI=1S/C17H30N4O2/c1-13(2)16-18-19-17-14(3)20(9-10-21(16)17)8-6-12-23-15-7-4-5-11-22-15/h13-15H,4-12H2,1-3H3/t14-,15-/m1/s1. The molecule has 0 bridgehead atoms. The molecule has 0 N–H and O–H groups in total. The minimum absolute atomic E-state index is 0.0271. The predicted octanol–water partition coefficient (Wildman–Crippen LogP) is 2.71. The Labute approximate surface area is 139 Å². The van der Waals surface area contributed by atoms with Crippen molar-refractivity contribution in [2.75, 3.05) is 26.3 Å². The van der Waals surface area contributed by atoms with Crippen molar-refractivity contribution >= 4 is 0 Å². The molecule has 3 heterocycles. The van der Waals surface area contributed by atoms with Crippen molar-refractivity contribution < 1.29 is 9.47 Å². The van der Waals surface area contributed by atoms with Gasteiger partial charge in [-0.25, -0.2) is 0 Å². The summed E-state index contributed by atoms with van der Waals surface area (Å²) in [5.74, 6) is 2.65. The molecule has 6 nitrogen and oxygen atoms in total. The smallest absolute Gasteiger partial charge is 0.157 e. The molecular formula is C17H30N4O2. The molecule has 0 radical (unpaired) electrons. The molecule has 1 aromatic rings.